The third-order valence-corrected chi connectivity index (χ3v) is 2.01. The zero-order valence-electron chi connectivity index (χ0n) is 8.06. The van der Waals surface area contributed by atoms with Crippen molar-refractivity contribution in [1.29, 1.82) is 15.8 Å². The number of nitrogens with zero attached hydrogens (tertiary/aromatic N) is 4. The first-order valence-electron chi connectivity index (χ1n) is 4.40. The topological polar surface area (TPSA) is 84.3 Å². The maximum Gasteiger partial charge on any atom is 0.0777 e. The first-order chi connectivity index (χ1) is 7.33. The summed E-state index contributed by atoms with van der Waals surface area (Å²) in [6, 6.07) is 7.77. The fraction of sp³-hybridized carbons (Fsp3) is 0.273. The van der Waals surface area contributed by atoms with Gasteiger partial charge in [-0.05, 0) is 17.2 Å². The summed E-state index contributed by atoms with van der Waals surface area (Å²) in [4.78, 5) is 4.05. The third-order valence-electron chi connectivity index (χ3n) is 2.01. The molecule has 0 aliphatic heterocycles. The highest BCUT2D eigenvalue weighted by molar-refractivity contribution is 5.35. The van der Waals surface area contributed by atoms with Crippen LogP contribution < -0.4 is 0 Å². The van der Waals surface area contributed by atoms with Gasteiger partial charge in [0.05, 0.1) is 43.2 Å². The van der Waals surface area contributed by atoms with E-state index in [1.165, 1.54) is 0 Å². The second-order valence-electron chi connectivity index (χ2n) is 2.90. The lowest BCUT2D eigenvalue weighted by Gasteiger charge is -2.06. The van der Waals surface area contributed by atoms with Crippen LogP contribution in [0.4, 0.5) is 0 Å². The van der Waals surface area contributed by atoms with E-state index < -0.39 is 0 Å². The van der Waals surface area contributed by atoms with Crippen molar-refractivity contribution in [2.75, 3.05) is 0 Å². The van der Waals surface area contributed by atoms with E-state index in [1.807, 2.05) is 18.2 Å². The predicted molar refractivity (Wildman–Crippen MR) is 52.2 cm³/mol. The Morgan fingerprint density at radius 1 is 1.00 bits per heavy atom. The van der Waals surface area contributed by atoms with Crippen LogP contribution in [0, 0.1) is 34.0 Å². The van der Waals surface area contributed by atoms with Gasteiger partial charge >= 0.3 is 0 Å². The summed E-state index contributed by atoms with van der Waals surface area (Å²) in [7, 11) is 0. The highest BCUT2D eigenvalue weighted by Gasteiger charge is 2.08. The Balaban J connectivity index is 3.18. The molecule has 0 spiro atoms. The molecule has 4 heteroatoms. The highest BCUT2D eigenvalue weighted by Crippen LogP contribution is 2.14. The predicted octanol–water partition coefficient (Wildman–Crippen LogP) is 1.28. The average molecular weight is 196 g/mol. The van der Waals surface area contributed by atoms with Crippen LogP contribution in [-0.4, -0.2) is 4.98 Å². The van der Waals surface area contributed by atoms with Crippen molar-refractivity contribution >= 4 is 0 Å². The summed E-state index contributed by atoms with van der Waals surface area (Å²) < 4.78 is 0. The first-order valence-corrected chi connectivity index (χ1v) is 4.40. The molecule has 0 N–H and O–H groups in total. The van der Waals surface area contributed by atoms with E-state index in [4.69, 9.17) is 15.8 Å². The van der Waals surface area contributed by atoms with Crippen LogP contribution in [0.5, 0.6) is 0 Å². The summed E-state index contributed by atoms with van der Waals surface area (Å²) in [5, 5.41) is 25.9. The molecular formula is C11H8N4. The van der Waals surface area contributed by atoms with Crippen LogP contribution in [0.2, 0.25) is 0 Å². The van der Waals surface area contributed by atoms with Crippen LogP contribution in [0.3, 0.4) is 0 Å². The molecule has 0 aliphatic rings. The SMILES string of the molecule is N#CCc1ccnc(CC#N)c1CC#N. The second-order valence-corrected chi connectivity index (χ2v) is 2.90. The highest BCUT2D eigenvalue weighted by atomic mass is 14.7. The van der Waals surface area contributed by atoms with Crippen molar-refractivity contribution in [2.45, 2.75) is 19.3 Å². The van der Waals surface area contributed by atoms with Gasteiger partial charge in [0, 0.05) is 6.20 Å². The van der Waals surface area contributed by atoms with E-state index in [0.29, 0.717) is 5.69 Å². The molecule has 15 heavy (non-hydrogen) atoms. The molecule has 0 aliphatic carbocycles. The molecule has 1 aromatic heterocycles. The lowest BCUT2D eigenvalue weighted by Crippen LogP contribution is -2.01. The molecule has 0 atom stereocenters. The Kier molecular flexibility index (Phi) is 3.83. The van der Waals surface area contributed by atoms with Gasteiger partial charge in [-0.1, -0.05) is 0 Å². The summed E-state index contributed by atoms with van der Waals surface area (Å²) in [6.07, 6.45) is 2.19. The molecule has 0 amide bonds. The second kappa shape index (κ2) is 5.37. The molecule has 1 rings (SSSR count). The molecule has 0 fully saturated rings. The van der Waals surface area contributed by atoms with Crippen LogP contribution in [0.1, 0.15) is 16.8 Å². The molecule has 0 saturated heterocycles. The number of pyridine rings is 1. The van der Waals surface area contributed by atoms with E-state index in [1.54, 1.807) is 12.3 Å². The Morgan fingerprint density at radius 3 is 2.27 bits per heavy atom. The summed E-state index contributed by atoms with van der Waals surface area (Å²) in [5.74, 6) is 0. The molecule has 72 valence electrons. The van der Waals surface area contributed by atoms with Gasteiger partial charge in [-0.15, -0.1) is 0 Å². The summed E-state index contributed by atoms with van der Waals surface area (Å²) >= 11 is 0. The van der Waals surface area contributed by atoms with Crippen molar-refractivity contribution < 1.29 is 0 Å². The van der Waals surface area contributed by atoms with Crippen molar-refractivity contribution in [3.63, 3.8) is 0 Å². The first kappa shape index (κ1) is 10.7. The molecule has 0 aromatic carbocycles. The molecule has 0 bridgehead atoms. The van der Waals surface area contributed by atoms with Gasteiger partial charge in [0.1, 0.15) is 0 Å². The standard InChI is InChI=1S/C11H8N4/c12-5-1-9-4-8-15-11(3-7-14)10(9)2-6-13/h4,8H,1-3H2. The molecule has 0 saturated carbocycles. The molecule has 4 nitrogen and oxygen atoms in total. The molecule has 1 heterocycles. The van der Waals surface area contributed by atoms with Crippen LogP contribution >= 0.6 is 0 Å². The fourth-order valence-corrected chi connectivity index (χ4v) is 1.35. The maximum atomic E-state index is 8.66. The van der Waals surface area contributed by atoms with Crippen molar-refractivity contribution in [3.05, 3.63) is 29.1 Å². The smallest absolute Gasteiger partial charge is 0.0777 e. The van der Waals surface area contributed by atoms with Gasteiger partial charge in [-0.2, -0.15) is 15.8 Å². The van der Waals surface area contributed by atoms with Crippen LogP contribution in [0.15, 0.2) is 12.3 Å². The number of hydrogen-bond donors (Lipinski definition) is 0. The third kappa shape index (κ3) is 2.53. The quantitative estimate of drug-likeness (QED) is 0.728. The largest absolute Gasteiger partial charge is 0.260 e. The minimum atomic E-state index is 0.177. The minimum Gasteiger partial charge on any atom is -0.260 e. The zero-order valence-corrected chi connectivity index (χ0v) is 8.06. The van der Waals surface area contributed by atoms with Crippen molar-refractivity contribution in [1.82, 2.24) is 4.98 Å². The summed E-state index contributed by atoms with van der Waals surface area (Å²) in [6.45, 7) is 0. The monoisotopic (exact) mass is 196 g/mol. The summed E-state index contributed by atoms with van der Waals surface area (Å²) in [5.41, 5.74) is 2.12. The minimum absolute atomic E-state index is 0.177. The van der Waals surface area contributed by atoms with Gasteiger partial charge in [-0.3, -0.25) is 4.98 Å². The van der Waals surface area contributed by atoms with Gasteiger partial charge in [0.25, 0.3) is 0 Å². The number of nitriles is 3. The Labute approximate surface area is 88.0 Å². The van der Waals surface area contributed by atoms with Crippen LogP contribution in [-0.2, 0) is 19.3 Å². The van der Waals surface area contributed by atoms with E-state index >= 15 is 0 Å². The molecule has 0 radical (unpaired) electrons. The van der Waals surface area contributed by atoms with Gasteiger partial charge in [0.15, 0.2) is 0 Å². The van der Waals surface area contributed by atoms with Gasteiger partial charge in [-0.25, -0.2) is 0 Å². The van der Waals surface area contributed by atoms with Crippen LogP contribution in [0.25, 0.3) is 0 Å². The lowest BCUT2D eigenvalue weighted by molar-refractivity contribution is 1.01. The van der Waals surface area contributed by atoms with E-state index in [0.717, 1.165) is 11.1 Å². The number of rotatable bonds is 3. The van der Waals surface area contributed by atoms with Crippen molar-refractivity contribution in [3.8, 4) is 18.2 Å². The van der Waals surface area contributed by atoms with Gasteiger partial charge in [0.2, 0.25) is 0 Å². The van der Waals surface area contributed by atoms with E-state index in [2.05, 4.69) is 4.98 Å². The zero-order chi connectivity index (χ0) is 11.1. The fourth-order valence-electron chi connectivity index (χ4n) is 1.35. The van der Waals surface area contributed by atoms with Gasteiger partial charge < -0.3 is 0 Å². The number of aromatic nitrogens is 1. The molecular weight excluding hydrogens is 188 g/mol. The maximum absolute atomic E-state index is 8.66. The lowest BCUT2D eigenvalue weighted by atomic mass is 10.0. The average Bonchev–Trinajstić information content (AvgIpc) is 2.23. The number of hydrogen-bond acceptors (Lipinski definition) is 4. The molecule has 1 aromatic rings. The molecule has 0 unspecified atom stereocenters. The Bertz CT molecular complexity index is 437. The van der Waals surface area contributed by atoms with Crippen molar-refractivity contribution in [2.24, 2.45) is 0 Å². The normalized spacial score (nSPS) is 8.60. The van der Waals surface area contributed by atoms with E-state index in [9.17, 15) is 0 Å². The Morgan fingerprint density at radius 2 is 1.67 bits per heavy atom. The Hall–Kier alpha value is -2.38. The van der Waals surface area contributed by atoms with E-state index in [-0.39, 0.29) is 19.3 Å².